The summed E-state index contributed by atoms with van der Waals surface area (Å²) in [6.07, 6.45) is 0. The first kappa shape index (κ1) is 14.2. The molecule has 0 radical (unpaired) electrons. The lowest BCUT2D eigenvalue weighted by molar-refractivity contribution is 1.32. The molecule has 0 amide bonds. The summed E-state index contributed by atoms with van der Waals surface area (Å²) in [5.74, 6) is 0. The Kier molecular flexibility index (Phi) is 9.63. The van der Waals surface area contributed by atoms with Gasteiger partial charge in [0.25, 0.3) is 0 Å². The predicted molar refractivity (Wildman–Crippen MR) is 63.2 cm³/mol. The van der Waals surface area contributed by atoms with Crippen molar-refractivity contribution < 1.29 is 0 Å². The van der Waals surface area contributed by atoms with E-state index < -0.39 is 0 Å². The lowest BCUT2D eigenvalue weighted by Crippen LogP contribution is -1.78. The van der Waals surface area contributed by atoms with Crippen LogP contribution in [-0.2, 0) is 0 Å². The van der Waals surface area contributed by atoms with Crippen LogP contribution in [0.3, 0.4) is 0 Å². The van der Waals surface area contributed by atoms with Gasteiger partial charge >= 0.3 is 0 Å². The van der Waals surface area contributed by atoms with Crippen LogP contribution < -0.4 is 0 Å². The van der Waals surface area contributed by atoms with Crippen molar-refractivity contribution in [2.75, 3.05) is 0 Å². The van der Waals surface area contributed by atoms with E-state index >= 15 is 0 Å². The molecule has 1 rings (SSSR count). The molecule has 0 bridgehead atoms. The van der Waals surface area contributed by atoms with E-state index in [0.29, 0.717) is 0 Å². The van der Waals surface area contributed by atoms with Crippen LogP contribution in [0.1, 0.15) is 16.7 Å². The Morgan fingerprint density at radius 1 is 0.615 bits per heavy atom. The average Bonchev–Trinajstić information content (AvgIpc) is 2.09. The minimum Gasteiger partial charge on any atom is -0.106 e. The number of hydrogen-bond acceptors (Lipinski definition) is 0. The van der Waals surface area contributed by atoms with Crippen LogP contribution in [0.15, 0.2) is 44.5 Å². The minimum absolute atomic E-state index is 1.35. The summed E-state index contributed by atoms with van der Waals surface area (Å²) in [6, 6.07) is 6.56. The minimum atomic E-state index is 1.35. The number of hydrogen-bond donors (Lipinski definition) is 0. The van der Waals surface area contributed by atoms with Crippen LogP contribution in [-0.4, -0.2) is 0 Å². The molecule has 0 nitrogen and oxygen atoms in total. The van der Waals surface area contributed by atoms with Crippen molar-refractivity contribution in [1.82, 2.24) is 0 Å². The molecule has 0 aliphatic rings. The molecular weight excluding hydrogens is 156 g/mol. The van der Waals surface area contributed by atoms with Crippen LogP contribution in [0.5, 0.6) is 0 Å². The zero-order chi connectivity index (χ0) is 10.9. The van der Waals surface area contributed by atoms with E-state index in [2.05, 4.69) is 65.3 Å². The first-order chi connectivity index (χ1) is 6.18. The van der Waals surface area contributed by atoms with Gasteiger partial charge in [-0.1, -0.05) is 34.9 Å². The Balaban J connectivity index is 0. The molecule has 0 N–H and O–H groups in total. The number of aryl methyl sites for hydroxylation is 3. The average molecular weight is 176 g/mol. The maximum atomic E-state index is 3.00. The third-order valence-electron chi connectivity index (χ3n) is 1.37. The fraction of sp³-hybridized carbons (Fsp3) is 0.231. The van der Waals surface area contributed by atoms with Crippen molar-refractivity contribution >= 4 is 0 Å². The second-order valence-electron chi connectivity index (χ2n) is 2.67. The quantitative estimate of drug-likeness (QED) is 0.519. The molecule has 0 saturated carbocycles. The molecule has 0 saturated heterocycles. The van der Waals surface area contributed by atoms with Gasteiger partial charge in [0.05, 0.1) is 0 Å². The van der Waals surface area contributed by atoms with Crippen LogP contribution in [0, 0.1) is 20.8 Å². The third-order valence-corrected chi connectivity index (χ3v) is 1.37. The van der Waals surface area contributed by atoms with Gasteiger partial charge in [-0.2, -0.15) is 0 Å². The highest BCUT2D eigenvalue weighted by molar-refractivity contribution is 5.27. The summed E-state index contributed by atoms with van der Waals surface area (Å²) < 4.78 is 0. The summed E-state index contributed by atoms with van der Waals surface area (Å²) in [5.41, 5.74) is 4.06. The van der Waals surface area contributed by atoms with Gasteiger partial charge < -0.3 is 0 Å². The summed E-state index contributed by atoms with van der Waals surface area (Å²) in [4.78, 5) is 0. The molecule has 0 fully saturated rings. The van der Waals surface area contributed by atoms with E-state index in [1.807, 2.05) is 0 Å². The summed E-state index contributed by atoms with van der Waals surface area (Å²) in [6.45, 7) is 18.4. The van der Waals surface area contributed by atoms with Gasteiger partial charge in [0.15, 0.2) is 0 Å². The van der Waals surface area contributed by atoms with E-state index in [4.69, 9.17) is 0 Å². The van der Waals surface area contributed by atoms with Gasteiger partial charge in [-0.05, 0) is 20.8 Å². The highest BCUT2D eigenvalue weighted by atomic mass is 13.9. The Hall–Kier alpha value is -1.30. The van der Waals surface area contributed by atoms with Crippen LogP contribution >= 0.6 is 0 Å². The zero-order valence-corrected chi connectivity index (χ0v) is 9.06. The Morgan fingerprint density at radius 3 is 0.923 bits per heavy atom. The fourth-order valence-electron chi connectivity index (χ4n) is 1.20. The molecular formula is C13H20. The Bertz CT molecular complexity index is 183. The van der Waals surface area contributed by atoms with Gasteiger partial charge in [0, 0.05) is 0 Å². The van der Waals surface area contributed by atoms with Gasteiger partial charge in [0.1, 0.15) is 0 Å². The number of rotatable bonds is 0. The SMILES string of the molecule is C=C.C=C.Cc1cc(C)cc(C)c1. The lowest BCUT2D eigenvalue weighted by atomic mass is 10.1. The van der Waals surface area contributed by atoms with Crippen molar-refractivity contribution in [3.05, 3.63) is 61.2 Å². The molecule has 0 unspecified atom stereocenters. The van der Waals surface area contributed by atoms with E-state index in [9.17, 15) is 0 Å². The van der Waals surface area contributed by atoms with Crippen LogP contribution in [0.4, 0.5) is 0 Å². The van der Waals surface area contributed by atoms with Crippen LogP contribution in [0.25, 0.3) is 0 Å². The van der Waals surface area contributed by atoms with Crippen molar-refractivity contribution in [1.29, 1.82) is 0 Å². The lowest BCUT2D eigenvalue weighted by Gasteiger charge is -1.96. The largest absolute Gasteiger partial charge is 0.106 e. The number of benzene rings is 1. The van der Waals surface area contributed by atoms with E-state index in [-0.39, 0.29) is 0 Å². The summed E-state index contributed by atoms with van der Waals surface area (Å²) in [5, 5.41) is 0. The molecule has 0 heteroatoms. The van der Waals surface area contributed by atoms with Crippen molar-refractivity contribution in [3.63, 3.8) is 0 Å². The van der Waals surface area contributed by atoms with Crippen molar-refractivity contribution in [3.8, 4) is 0 Å². The fourth-order valence-corrected chi connectivity index (χ4v) is 1.20. The van der Waals surface area contributed by atoms with Gasteiger partial charge in [-0.25, -0.2) is 0 Å². The predicted octanol–water partition coefficient (Wildman–Crippen LogP) is 4.22. The monoisotopic (exact) mass is 176 g/mol. The van der Waals surface area contributed by atoms with E-state index in [0.717, 1.165) is 0 Å². The molecule has 0 heterocycles. The smallest absolute Gasteiger partial charge is 0.0398 e. The van der Waals surface area contributed by atoms with Crippen molar-refractivity contribution in [2.45, 2.75) is 20.8 Å². The van der Waals surface area contributed by atoms with Gasteiger partial charge in [0.2, 0.25) is 0 Å². The zero-order valence-electron chi connectivity index (χ0n) is 9.06. The van der Waals surface area contributed by atoms with Gasteiger partial charge in [-0.15, -0.1) is 26.3 Å². The Labute approximate surface area is 82.6 Å². The van der Waals surface area contributed by atoms with Crippen molar-refractivity contribution in [2.24, 2.45) is 0 Å². The highest BCUT2D eigenvalue weighted by Gasteiger charge is 1.87. The molecule has 1 aromatic rings. The topological polar surface area (TPSA) is 0 Å². The first-order valence-electron chi connectivity index (χ1n) is 4.23. The summed E-state index contributed by atoms with van der Waals surface area (Å²) in [7, 11) is 0. The summed E-state index contributed by atoms with van der Waals surface area (Å²) >= 11 is 0. The molecule has 0 aromatic heterocycles. The Morgan fingerprint density at radius 2 is 0.769 bits per heavy atom. The maximum absolute atomic E-state index is 3.00. The third kappa shape index (κ3) is 7.07. The van der Waals surface area contributed by atoms with E-state index in [1.54, 1.807) is 0 Å². The molecule has 0 aliphatic carbocycles. The van der Waals surface area contributed by atoms with E-state index in [1.165, 1.54) is 16.7 Å². The maximum Gasteiger partial charge on any atom is -0.0398 e. The molecule has 13 heavy (non-hydrogen) atoms. The molecule has 0 spiro atoms. The second kappa shape index (κ2) is 8.79. The first-order valence-corrected chi connectivity index (χ1v) is 4.23. The van der Waals surface area contributed by atoms with Crippen LogP contribution in [0.2, 0.25) is 0 Å². The molecule has 1 aromatic carbocycles. The second-order valence-corrected chi connectivity index (χ2v) is 2.67. The molecule has 0 atom stereocenters. The standard InChI is InChI=1S/C9H12.2C2H4/c1-7-4-8(2)6-9(3)5-7;2*1-2/h4-6H,1-3H3;2*1-2H2. The molecule has 0 aliphatic heterocycles. The highest BCUT2D eigenvalue weighted by Crippen LogP contribution is 2.06. The molecule has 72 valence electrons. The normalized spacial score (nSPS) is 7.31. The van der Waals surface area contributed by atoms with Gasteiger partial charge in [-0.3, -0.25) is 0 Å².